The van der Waals surface area contributed by atoms with Crippen LogP contribution in [0.3, 0.4) is 0 Å². The highest BCUT2D eigenvalue weighted by Gasteiger charge is 2.60. The Bertz CT molecular complexity index is 522. The third-order valence-electron chi connectivity index (χ3n) is 3.02. The van der Waals surface area contributed by atoms with Gasteiger partial charge >= 0.3 is 0 Å². The molecule has 2 unspecified atom stereocenters. The number of aromatic hydroxyl groups is 1. The number of hydrogen-bond donors (Lipinski definition) is 1. The standard InChI is InChI=1S/C11H9NO4S/c1-16-7-4-5(2-3-6(7)13)8-9-10(14)12(8)11(15)17-9/h2-4,8-9,13H,1H3. The fourth-order valence-corrected chi connectivity index (χ4v) is 3.30. The number of amides is 2. The predicted molar refractivity (Wildman–Crippen MR) is 61.0 cm³/mol. The van der Waals surface area contributed by atoms with Gasteiger partial charge in [-0.05, 0) is 29.5 Å². The monoisotopic (exact) mass is 251 g/mol. The fraction of sp³-hybridized carbons (Fsp3) is 0.273. The zero-order chi connectivity index (χ0) is 12.2. The lowest BCUT2D eigenvalue weighted by Gasteiger charge is -2.35. The van der Waals surface area contributed by atoms with Crippen LogP contribution in [0.4, 0.5) is 4.79 Å². The van der Waals surface area contributed by atoms with E-state index in [2.05, 4.69) is 0 Å². The second kappa shape index (κ2) is 3.40. The highest BCUT2D eigenvalue weighted by atomic mass is 32.2. The van der Waals surface area contributed by atoms with Crippen LogP contribution in [-0.2, 0) is 4.79 Å². The average Bonchev–Trinajstić information content (AvgIpc) is 2.81. The molecule has 0 saturated carbocycles. The average molecular weight is 251 g/mol. The molecule has 6 heteroatoms. The SMILES string of the molecule is COc1cc(C2C3SC(=O)N2C3=O)ccc1O. The summed E-state index contributed by atoms with van der Waals surface area (Å²) in [6.45, 7) is 0. The molecule has 3 aliphatic rings. The van der Waals surface area contributed by atoms with Crippen LogP contribution in [-0.4, -0.2) is 33.5 Å². The van der Waals surface area contributed by atoms with E-state index in [4.69, 9.17) is 4.74 Å². The summed E-state index contributed by atoms with van der Waals surface area (Å²) < 4.78 is 5.00. The van der Waals surface area contributed by atoms with Crippen LogP contribution in [0.2, 0.25) is 0 Å². The number of imide groups is 1. The van der Waals surface area contributed by atoms with Crippen molar-refractivity contribution in [3.63, 3.8) is 0 Å². The van der Waals surface area contributed by atoms with E-state index < -0.39 is 0 Å². The number of thioether (sulfide) groups is 1. The van der Waals surface area contributed by atoms with Gasteiger partial charge in [0.25, 0.3) is 5.24 Å². The molecule has 0 aromatic heterocycles. The lowest BCUT2D eigenvalue weighted by molar-refractivity contribution is -0.137. The third kappa shape index (κ3) is 1.27. The van der Waals surface area contributed by atoms with Gasteiger partial charge in [-0.25, -0.2) is 0 Å². The van der Waals surface area contributed by atoms with Gasteiger partial charge < -0.3 is 9.84 Å². The van der Waals surface area contributed by atoms with E-state index in [0.717, 1.165) is 17.3 Å². The molecule has 2 amide bonds. The largest absolute Gasteiger partial charge is 0.504 e. The Balaban J connectivity index is 1.97. The second-order valence-corrected chi connectivity index (χ2v) is 4.98. The summed E-state index contributed by atoms with van der Waals surface area (Å²) in [5, 5.41) is 8.98. The Morgan fingerprint density at radius 2 is 2.18 bits per heavy atom. The number of benzene rings is 1. The van der Waals surface area contributed by atoms with E-state index in [1.807, 2.05) is 0 Å². The molecule has 4 rings (SSSR count). The molecule has 1 aromatic carbocycles. The van der Waals surface area contributed by atoms with Gasteiger partial charge in [-0.3, -0.25) is 14.5 Å². The molecule has 1 aromatic rings. The summed E-state index contributed by atoms with van der Waals surface area (Å²) in [5.41, 5.74) is 0.808. The van der Waals surface area contributed by atoms with E-state index >= 15 is 0 Å². The van der Waals surface area contributed by atoms with E-state index in [1.165, 1.54) is 18.1 Å². The Kier molecular flexibility index (Phi) is 2.09. The Morgan fingerprint density at radius 1 is 1.41 bits per heavy atom. The number of hydrogen-bond acceptors (Lipinski definition) is 5. The maximum Gasteiger partial charge on any atom is 0.289 e. The van der Waals surface area contributed by atoms with Crippen LogP contribution < -0.4 is 4.74 Å². The van der Waals surface area contributed by atoms with Crippen molar-refractivity contribution < 1.29 is 19.4 Å². The maximum atomic E-state index is 11.4. The molecule has 3 heterocycles. The van der Waals surface area contributed by atoms with Crippen molar-refractivity contribution in [1.29, 1.82) is 0 Å². The molecular formula is C11H9NO4S. The lowest BCUT2D eigenvalue weighted by atomic mass is 9.94. The van der Waals surface area contributed by atoms with Gasteiger partial charge in [-0.1, -0.05) is 6.07 Å². The number of carbonyl (C=O) groups is 2. The fourth-order valence-electron chi connectivity index (χ4n) is 2.15. The van der Waals surface area contributed by atoms with Crippen molar-refractivity contribution in [2.24, 2.45) is 0 Å². The van der Waals surface area contributed by atoms with Gasteiger partial charge in [0.2, 0.25) is 5.91 Å². The molecule has 3 fully saturated rings. The summed E-state index contributed by atoms with van der Waals surface area (Å²) in [4.78, 5) is 24.1. The van der Waals surface area contributed by atoms with Gasteiger partial charge in [0.15, 0.2) is 11.5 Å². The molecule has 0 spiro atoms. The quantitative estimate of drug-likeness (QED) is 0.807. The van der Waals surface area contributed by atoms with Gasteiger partial charge in [-0.2, -0.15) is 0 Å². The molecule has 3 aliphatic heterocycles. The van der Waals surface area contributed by atoms with Crippen LogP contribution in [0.1, 0.15) is 11.6 Å². The number of methoxy groups -OCH3 is 1. The number of β-lactam (4-membered cyclic amide) rings is 1. The van der Waals surface area contributed by atoms with Crippen LogP contribution >= 0.6 is 11.8 Å². The lowest BCUT2D eigenvalue weighted by Crippen LogP contribution is -2.50. The highest BCUT2D eigenvalue weighted by Crippen LogP contribution is 2.52. The van der Waals surface area contributed by atoms with Crippen molar-refractivity contribution in [3.05, 3.63) is 23.8 Å². The van der Waals surface area contributed by atoms with Gasteiger partial charge in [0.1, 0.15) is 5.25 Å². The summed E-state index contributed by atoms with van der Waals surface area (Å²) >= 11 is 1.06. The van der Waals surface area contributed by atoms with Crippen molar-refractivity contribution in [1.82, 2.24) is 4.90 Å². The number of ether oxygens (including phenoxy) is 1. The Labute approximate surface area is 101 Å². The molecule has 88 valence electrons. The Morgan fingerprint density at radius 3 is 2.71 bits per heavy atom. The minimum Gasteiger partial charge on any atom is -0.504 e. The first kappa shape index (κ1) is 10.5. The molecular weight excluding hydrogens is 242 g/mol. The van der Waals surface area contributed by atoms with Crippen LogP contribution in [0.15, 0.2) is 18.2 Å². The summed E-state index contributed by atoms with van der Waals surface area (Å²) in [6.07, 6.45) is 0. The smallest absolute Gasteiger partial charge is 0.289 e. The number of phenolic OH excluding ortho intramolecular Hbond substituents is 1. The molecule has 5 nitrogen and oxygen atoms in total. The molecule has 0 radical (unpaired) electrons. The number of nitrogens with zero attached hydrogens (tertiary/aromatic N) is 1. The van der Waals surface area contributed by atoms with Crippen molar-refractivity contribution in [2.45, 2.75) is 11.3 Å². The zero-order valence-corrected chi connectivity index (χ0v) is 9.73. The van der Waals surface area contributed by atoms with Gasteiger partial charge in [-0.15, -0.1) is 0 Å². The zero-order valence-electron chi connectivity index (χ0n) is 8.91. The third-order valence-corrected chi connectivity index (χ3v) is 4.13. The number of rotatable bonds is 2. The van der Waals surface area contributed by atoms with Crippen molar-refractivity contribution in [3.8, 4) is 11.5 Å². The van der Waals surface area contributed by atoms with Gasteiger partial charge in [0.05, 0.1) is 13.2 Å². The van der Waals surface area contributed by atoms with E-state index in [1.54, 1.807) is 12.1 Å². The van der Waals surface area contributed by atoms with Crippen LogP contribution in [0.25, 0.3) is 0 Å². The second-order valence-electron chi connectivity index (χ2n) is 3.89. The van der Waals surface area contributed by atoms with E-state index in [9.17, 15) is 14.7 Å². The number of fused-ring (bicyclic) bond motifs is 1. The molecule has 1 N–H and O–H groups in total. The molecule has 0 aliphatic carbocycles. The minimum absolute atomic E-state index is 0.0447. The maximum absolute atomic E-state index is 11.4. The van der Waals surface area contributed by atoms with Gasteiger partial charge in [0, 0.05) is 0 Å². The number of carbonyl (C=O) groups excluding carboxylic acids is 2. The predicted octanol–water partition coefficient (Wildman–Crippen LogP) is 1.52. The van der Waals surface area contributed by atoms with Crippen LogP contribution in [0.5, 0.6) is 11.5 Å². The first-order valence-corrected chi connectivity index (χ1v) is 5.92. The first-order valence-electron chi connectivity index (χ1n) is 5.04. The first-order chi connectivity index (χ1) is 8.13. The summed E-state index contributed by atoms with van der Waals surface area (Å²) in [5.74, 6) is 0.264. The molecule has 3 saturated heterocycles. The van der Waals surface area contributed by atoms with Crippen molar-refractivity contribution >= 4 is 22.9 Å². The molecule has 17 heavy (non-hydrogen) atoms. The topological polar surface area (TPSA) is 66.8 Å². The normalized spacial score (nSPS) is 26.1. The highest BCUT2D eigenvalue weighted by molar-refractivity contribution is 8.15. The Hall–Kier alpha value is -1.69. The van der Waals surface area contributed by atoms with Crippen molar-refractivity contribution in [2.75, 3.05) is 7.11 Å². The summed E-state index contributed by atoms with van der Waals surface area (Å²) in [7, 11) is 1.46. The molecule has 2 atom stereocenters. The van der Waals surface area contributed by atoms with Crippen LogP contribution in [0, 0.1) is 0 Å². The molecule has 2 bridgehead atoms. The minimum atomic E-state index is -0.309. The summed E-state index contributed by atoms with van der Waals surface area (Å²) in [6, 6.07) is 4.65. The van der Waals surface area contributed by atoms with E-state index in [-0.39, 0.29) is 28.2 Å². The number of phenols is 1. The van der Waals surface area contributed by atoms with E-state index in [0.29, 0.717) is 5.75 Å².